The largest absolute Gasteiger partial charge is 0.354 e. The van der Waals surface area contributed by atoms with Crippen LogP contribution in [-0.4, -0.2) is 11.1 Å². The molecule has 0 fully saturated rings. The standard InChI is InChI=1S/C11H20N2/c1-3-6-12-9-11-5-8-13(10-11)7-4-2/h5,8,10,12H,3-4,6-7,9H2,1-2H3. The van der Waals surface area contributed by atoms with Crippen molar-refractivity contribution in [3.63, 3.8) is 0 Å². The Hall–Kier alpha value is -0.760. The van der Waals surface area contributed by atoms with Crippen LogP contribution in [0.1, 0.15) is 32.3 Å². The molecule has 0 unspecified atom stereocenters. The lowest BCUT2D eigenvalue weighted by Gasteiger charge is -2.00. The number of hydrogen-bond acceptors (Lipinski definition) is 1. The molecule has 0 saturated heterocycles. The van der Waals surface area contributed by atoms with Gasteiger partial charge in [0.15, 0.2) is 0 Å². The van der Waals surface area contributed by atoms with Crippen LogP contribution < -0.4 is 5.32 Å². The van der Waals surface area contributed by atoms with E-state index in [0.717, 1.165) is 19.6 Å². The Morgan fingerprint density at radius 2 is 2.15 bits per heavy atom. The second-order valence-corrected chi connectivity index (χ2v) is 3.43. The van der Waals surface area contributed by atoms with Crippen molar-refractivity contribution in [2.24, 2.45) is 0 Å². The number of aromatic nitrogens is 1. The Labute approximate surface area is 81.0 Å². The minimum Gasteiger partial charge on any atom is -0.354 e. The zero-order valence-electron chi connectivity index (χ0n) is 8.71. The highest BCUT2D eigenvalue weighted by atomic mass is 14.9. The fraction of sp³-hybridized carbons (Fsp3) is 0.636. The van der Waals surface area contributed by atoms with E-state index in [1.54, 1.807) is 0 Å². The molecular weight excluding hydrogens is 160 g/mol. The van der Waals surface area contributed by atoms with Crippen molar-refractivity contribution in [3.05, 3.63) is 24.0 Å². The molecular formula is C11H20N2. The van der Waals surface area contributed by atoms with Crippen molar-refractivity contribution in [1.82, 2.24) is 9.88 Å². The molecule has 0 spiro atoms. The quantitative estimate of drug-likeness (QED) is 0.665. The van der Waals surface area contributed by atoms with Gasteiger partial charge in [0.1, 0.15) is 0 Å². The van der Waals surface area contributed by atoms with Crippen molar-refractivity contribution < 1.29 is 0 Å². The highest BCUT2D eigenvalue weighted by molar-refractivity contribution is 5.09. The summed E-state index contributed by atoms with van der Waals surface area (Å²) < 4.78 is 2.25. The second-order valence-electron chi connectivity index (χ2n) is 3.43. The first-order valence-electron chi connectivity index (χ1n) is 5.22. The Balaban J connectivity index is 2.31. The lowest BCUT2D eigenvalue weighted by atomic mass is 10.3. The van der Waals surface area contributed by atoms with Crippen molar-refractivity contribution in [2.45, 2.75) is 39.8 Å². The molecule has 1 aromatic heterocycles. The van der Waals surface area contributed by atoms with E-state index in [2.05, 4.69) is 42.2 Å². The van der Waals surface area contributed by atoms with Crippen LogP contribution in [0.25, 0.3) is 0 Å². The average molecular weight is 180 g/mol. The van der Waals surface area contributed by atoms with Gasteiger partial charge < -0.3 is 9.88 Å². The molecule has 0 bridgehead atoms. The van der Waals surface area contributed by atoms with Gasteiger partial charge in [-0.15, -0.1) is 0 Å². The predicted molar refractivity (Wildman–Crippen MR) is 56.7 cm³/mol. The lowest BCUT2D eigenvalue weighted by molar-refractivity contribution is 0.661. The van der Waals surface area contributed by atoms with Gasteiger partial charge in [-0.1, -0.05) is 13.8 Å². The zero-order chi connectivity index (χ0) is 9.52. The summed E-state index contributed by atoms with van der Waals surface area (Å²) in [5.74, 6) is 0. The van der Waals surface area contributed by atoms with Gasteiger partial charge in [0, 0.05) is 25.5 Å². The summed E-state index contributed by atoms with van der Waals surface area (Å²) in [6, 6.07) is 2.19. The number of hydrogen-bond donors (Lipinski definition) is 1. The molecule has 1 aromatic rings. The van der Waals surface area contributed by atoms with Crippen molar-refractivity contribution in [3.8, 4) is 0 Å². The van der Waals surface area contributed by atoms with Crippen LogP contribution >= 0.6 is 0 Å². The maximum Gasteiger partial charge on any atom is 0.0220 e. The van der Waals surface area contributed by atoms with Gasteiger partial charge in [0.25, 0.3) is 0 Å². The molecule has 0 aliphatic heterocycles. The Morgan fingerprint density at radius 1 is 1.31 bits per heavy atom. The third kappa shape index (κ3) is 3.64. The van der Waals surface area contributed by atoms with Crippen LogP contribution in [0.4, 0.5) is 0 Å². The summed E-state index contributed by atoms with van der Waals surface area (Å²) in [6.45, 7) is 7.64. The van der Waals surface area contributed by atoms with Crippen molar-refractivity contribution in [1.29, 1.82) is 0 Å². The first-order valence-corrected chi connectivity index (χ1v) is 5.22. The van der Waals surface area contributed by atoms with Gasteiger partial charge >= 0.3 is 0 Å². The van der Waals surface area contributed by atoms with E-state index in [9.17, 15) is 0 Å². The van der Waals surface area contributed by atoms with Crippen LogP contribution in [-0.2, 0) is 13.1 Å². The molecule has 13 heavy (non-hydrogen) atoms. The summed E-state index contributed by atoms with van der Waals surface area (Å²) in [6.07, 6.45) is 6.80. The number of nitrogens with zero attached hydrogens (tertiary/aromatic N) is 1. The van der Waals surface area contributed by atoms with Crippen LogP contribution in [0.15, 0.2) is 18.5 Å². The fourth-order valence-corrected chi connectivity index (χ4v) is 1.40. The molecule has 1 rings (SSSR count). The third-order valence-corrected chi connectivity index (χ3v) is 2.05. The van der Waals surface area contributed by atoms with E-state index in [0.29, 0.717) is 0 Å². The Kier molecular flexibility index (Phi) is 4.61. The van der Waals surface area contributed by atoms with Crippen LogP contribution in [0.5, 0.6) is 0 Å². The normalized spacial score (nSPS) is 10.6. The summed E-state index contributed by atoms with van der Waals surface area (Å²) in [5, 5.41) is 3.39. The summed E-state index contributed by atoms with van der Waals surface area (Å²) in [7, 11) is 0. The molecule has 0 aliphatic rings. The predicted octanol–water partition coefficient (Wildman–Crippen LogP) is 2.40. The van der Waals surface area contributed by atoms with E-state index in [1.807, 2.05) is 0 Å². The van der Waals surface area contributed by atoms with Gasteiger partial charge in [-0.2, -0.15) is 0 Å². The summed E-state index contributed by atoms with van der Waals surface area (Å²) >= 11 is 0. The smallest absolute Gasteiger partial charge is 0.0220 e. The number of nitrogens with one attached hydrogen (secondary N) is 1. The highest BCUT2D eigenvalue weighted by Gasteiger charge is 1.94. The van der Waals surface area contributed by atoms with E-state index >= 15 is 0 Å². The maximum absolute atomic E-state index is 3.39. The summed E-state index contributed by atoms with van der Waals surface area (Å²) in [5.41, 5.74) is 1.39. The van der Waals surface area contributed by atoms with E-state index < -0.39 is 0 Å². The molecule has 0 saturated carbocycles. The lowest BCUT2D eigenvalue weighted by Crippen LogP contribution is -2.13. The number of aryl methyl sites for hydroxylation is 1. The van der Waals surface area contributed by atoms with Gasteiger partial charge in [-0.05, 0) is 31.0 Å². The van der Waals surface area contributed by atoms with E-state index in [1.165, 1.54) is 18.4 Å². The Morgan fingerprint density at radius 3 is 2.85 bits per heavy atom. The second kappa shape index (κ2) is 5.81. The highest BCUT2D eigenvalue weighted by Crippen LogP contribution is 2.01. The monoisotopic (exact) mass is 180 g/mol. The average Bonchev–Trinajstić information content (AvgIpc) is 2.54. The van der Waals surface area contributed by atoms with Crippen LogP contribution in [0.3, 0.4) is 0 Å². The maximum atomic E-state index is 3.39. The first-order chi connectivity index (χ1) is 6.36. The van der Waals surface area contributed by atoms with Gasteiger partial charge in [0.2, 0.25) is 0 Å². The van der Waals surface area contributed by atoms with Crippen LogP contribution in [0, 0.1) is 0 Å². The zero-order valence-corrected chi connectivity index (χ0v) is 8.71. The van der Waals surface area contributed by atoms with Crippen LogP contribution in [0.2, 0.25) is 0 Å². The molecule has 0 radical (unpaired) electrons. The fourth-order valence-electron chi connectivity index (χ4n) is 1.40. The van der Waals surface area contributed by atoms with E-state index in [-0.39, 0.29) is 0 Å². The summed E-state index contributed by atoms with van der Waals surface area (Å²) in [4.78, 5) is 0. The Bertz CT molecular complexity index is 228. The van der Waals surface area contributed by atoms with E-state index in [4.69, 9.17) is 0 Å². The third-order valence-electron chi connectivity index (χ3n) is 2.05. The first kappa shape index (κ1) is 10.3. The van der Waals surface area contributed by atoms with Crippen molar-refractivity contribution >= 4 is 0 Å². The molecule has 2 nitrogen and oxygen atoms in total. The molecule has 0 atom stereocenters. The minimum atomic E-state index is 1.00. The molecule has 0 aromatic carbocycles. The number of rotatable bonds is 6. The van der Waals surface area contributed by atoms with Crippen molar-refractivity contribution in [2.75, 3.05) is 6.54 Å². The minimum absolute atomic E-state index is 1.00. The molecule has 0 aliphatic carbocycles. The van der Waals surface area contributed by atoms with Gasteiger partial charge in [0.05, 0.1) is 0 Å². The van der Waals surface area contributed by atoms with Gasteiger partial charge in [-0.25, -0.2) is 0 Å². The molecule has 74 valence electrons. The molecule has 1 N–H and O–H groups in total. The van der Waals surface area contributed by atoms with Gasteiger partial charge in [-0.3, -0.25) is 0 Å². The topological polar surface area (TPSA) is 17.0 Å². The molecule has 2 heteroatoms. The molecule has 1 heterocycles. The molecule has 0 amide bonds. The SMILES string of the molecule is CCCNCc1ccn(CCC)c1.